The Balaban J connectivity index is 2.06. The molecule has 3 rings (SSSR count). The summed E-state index contributed by atoms with van der Waals surface area (Å²) in [4.78, 5) is 0. The Morgan fingerprint density at radius 3 is 2.62 bits per heavy atom. The zero-order valence-corrected chi connectivity index (χ0v) is 12.9. The highest BCUT2D eigenvalue weighted by atomic mass is 79.9. The summed E-state index contributed by atoms with van der Waals surface area (Å²) in [7, 11) is 0. The number of hydrogen-bond acceptors (Lipinski definition) is 2. The predicted octanol–water partition coefficient (Wildman–Crippen LogP) is 5.42. The third-order valence-corrected chi connectivity index (χ3v) is 4.16. The van der Waals surface area contributed by atoms with E-state index in [9.17, 15) is 4.39 Å². The molecule has 0 heterocycles. The van der Waals surface area contributed by atoms with Gasteiger partial charge in [0.2, 0.25) is 0 Å². The zero-order valence-electron chi connectivity index (χ0n) is 11.4. The molecule has 21 heavy (non-hydrogen) atoms. The largest absolute Gasteiger partial charge is 0.454 e. The first-order chi connectivity index (χ1) is 10.1. The van der Waals surface area contributed by atoms with Crippen LogP contribution in [0.3, 0.4) is 0 Å². The molecule has 0 aliphatic heterocycles. The minimum atomic E-state index is -0.336. The molecule has 0 fully saturated rings. The smallest absolute Gasteiger partial charge is 0.150 e. The van der Waals surface area contributed by atoms with Crippen molar-refractivity contribution in [2.24, 2.45) is 0 Å². The topological polar surface area (TPSA) is 35.2 Å². The number of anilines is 1. The van der Waals surface area contributed by atoms with Crippen molar-refractivity contribution in [1.82, 2.24) is 0 Å². The Morgan fingerprint density at radius 2 is 1.81 bits per heavy atom. The average molecular weight is 346 g/mol. The summed E-state index contributed by atoms with van der Waals surface area (Å²) in [6, 6.07) is 14.7. The van der Waals surface area contributed by atoms with E-state index >= 15 is 0 Å². The SMILES string of the molecule is Cc1cc(Oc2ccc3ccccc3c2Br)c(N)cc1F. The predicted molar refractivity (Wildman–Crippen MR) is 87.3 cm³/mol. The van der Waals surface area contributed by atoms with Crippen LogP contribution in [0.2, 0.25) is 0 Å². The van der Waals surface area contributed by atoms with Crippen LogP contribution in [0.1, 0.15) is 5.56 Å². The summed E-state index contributed by atoms with van der Waals surface area (Å²) in [5, 5.41) is 2.16. The van der Waals surface area contributed by atoms with Gasteiger partial charge in [0.05, 0.1) is 10.2 Å². The molecule has 0 spiro atoms. The van der Waals surface area contributed by atoms with Gasteiger partial charge >= 0.3 is 0 Å². The maximum Gasteiger partial charge on any atom is 0.150 e. The maximum atomic E-state index is 13.4. The van der Waals surface area contributed by atoms with Crippen LogP contribution in [0.4, 0.5) is 10.1 Å². The fourth-order valence-electron chi connectivity index (χ4n) is 2.17. The van der Waals surface area contributed by atoms with E-state index < -0.39 is 0 Å². The number of benzene rings is 3. The van der Waals surface area contributed by atoms with Crippen LogP contribution in [0.5, 0.6) is 11.5 Å². The molecule has 0 radical (unpaired) electrons. The summed E-state index contributed by atoms with van der Waals surface area (Å²) in [6.45, 7) is 1.68. The molecule has 0 aromatic heterocycles. The van der Waals surface area contributed by atoms with Crippen molar-refractivity contribution in [1.29, 1.82) is 0 Å². The molecule has 3 aromatic carbocycles. The van der Waals surface area contributed by atoms with Gasteiger partial charge in [0.15, 0.2) is 5.75 Å². The summed E-state index contributed by atoms with van der Waals surface area (Å²) < 4.78 is 20.1. The molecule has 2 nitrogen and oxygen atoms in total. The molecule has 106 valence electrons. The van der Waals surface area contributed by atoms with Crippen LogP contribution in [0.15, 0.2) is 53.0 Å². The van der Waals surface area contributed by atoms with E-state index in [1.165, 1.54) is 6.07 Å². The van der Waals surface area contributed by atoms with Gasteiger partial charge in [-0.3, -0.25) is 0 Å². The van der Waals surface area contributed by atoms with Gasteiger partial charge in [0.25, 0.3) is 0 Å². The Kier molecular flexibility index (Phi) is 3.55. The molecule has 0 aliphatic carbocycles. The van der Waals surface area contributed by atoms with Crippen LogP contribution in [0, 0.1) is 12.7 Å². The van der Waals surface area contributed by atoms with Crippen molar-refractivity contribution in [3.8, 4) is 11.5 Å². The summed E-state index contributed by atoms with van der Waals surface area (Å²) in [5.41, 5.74) is 6.59. The lowest BCUT2D eigenvalue weighted by atomic mass is 10.1. The van der Waals surface area contributed by atoms with Crippen molar-refractivity contribution in [3.05, 3.63) is 64.4 Å². The van der Waals surface area contributed by atoms with Crippen LogP contribution in [0.25, 0.3) is 10.8 Å². The third kappa shape index (κ3) is 2.59. The second-order valence-electron chi connectivity index (χ2n) is 4.84. The molecule has 0 aliphatic rings. The molecule has 4 heteroatoms. The van der Waals surface area contributed by atoms with E-state index in [4.69, 9.17) is 10.5 Å². The first-order valence-corrected chi connectivity index (χ1v) is 7.26. The highest BCUT2D eigenvalue weighted by Gasteiger charge is 2.11. The van der Waals surface area contributed by atoms with Crippen molar-refractivity contribution in [3.63, 3.8) is 0 Å². The molecule has 0 saturated heterocycles. The van der Waals surface area contributed by atoms with Gasteiger partial charge in [-0.1, -0.05) is 30.3 Å². The molecular formula is C17H13BrFNO. The van der Waals surface area contributed by atoms with Crippen LogP contribution >= 0.6 is 15.9 Å². The van der Waals surface area contributed by atoms with Gasteiger partial charge < -0.3 is 10.5 Å². The van der Waals surface area contributed by atoms with Gasteiger partial charge in [-0.05, 0) is 51.3 Å². The fraction of sp³-hybridized carbons (Fsp3) is 0.0588. The first kappa shape index (κ1) is 13.9. The Bertz CT molecular complexity index is 832. The minimum Gasteiger partial charge on any atom is -0.454 e. The Morgan fingerprint density at radius 1 is 1.05 bits per heavy atom. The van der Waals surface area contributed by atoms with Gasteiger partial charge in [-0.15, -0.1) is 0 Å². The Hall–Kier alpha value is -2.07. The number of aryl methyl sites for hydroxylation is 1. The van der Waals surface area contributed by atoms with E-state index in [1.54, 1.807) is 13.0 Å². The van der Waals surface area contributed by atoms with Crippen molar-refractivity contribution in [2.75, 3.05) is 5.73 Å². The number of hydrogen-bond donors (Lipinski definition) is 1. The number of rotatable bonds is 2. The van der Waals surface area contributed by atoms with E-state index in [0.717, 1.165) is 15.2 Å². The molecule has 0 saturated carbocycles. The Labute approximate surface area is 130 Å². The van der Waals surface area contributed by atoms with Gasteiger partial charge in [0.1, 0.15) is 11.6 Å². The van der Waals surface area contributed by atoms with Crippen LogP contribution in [-0.2, 0) is 0 Å². The molecule has 0 atom stereocenters. The molecular weight excluding hydrogens is 333 g/mol. The first-order valence-electron chi connectivity index (χ1n) is 6.47. The van der Waals surface area contributed by atoms with Crippen LogP contribution < -0.4 is 10.5 Å². The zero-order chi connectivity index (χ0) is 15.0. The normalized spacial score (nSPS) is 10.8. The van der Waals surface area contributed by atoms with E-state index in [2.05, 4.69) is 15.9 Å². The van der Waals surface area contributed by atoms with Gasteiger partial charge in [-0.25, -0.2) is 4.39 Å². The lowest BCUT2D eigenvalue weighted by Crippen LogP contribution is -1.96. The van der Waals surface area contributed by atoms with Gasteiger partial charge in [0, 0.05) is 6.07 Å². The number of nitrogens with two attached hydrogens (primary N) is 1. The van der Waals surface area contributed by atoms with E-state index in [1.807, 2.05) is 36.4 Å². The standard InChI is InChI=1S/C17H13BrFNO/c1-10-8-16(14(20)9-13(10)19)21-15-7-6-11-4-2-3-5-12(11)17(15)18/h2-9H,20H2,1H3. The summed E-state index contributed by atoms with van der Waals surface area (Å²) in [5.74, 6) is 0.758. The van der Waals surface area contributed by atoms with Gasteiger partial charge in [-0.2, -0.15) is 0 Å². The number of nitrogen functional groups attached to an aromatic ring is 1. The second-order valence-corrected chi connectivity index (χ2v) is 5.63. The fourth-order valence-corrected chi connectivity index (χ4v) is 2.74. The lowest BCUT2D eigenvalue weighted by Gasteiger charge is -2.12. The highest BCUT2D eigenvalue weighted by molar-refractivity contribution is 9.10. The highest BCUT2D eigenvalue weighted by Crippen LogP contribution is 2.37. The molecule has 0 unspecified atom stereocenters. The van der Waals surface area contributed by atoms with E-state index in [0.29, 0.717) is 17.1 Å². The molecule has 0 amide bonds. The summed E-state index contributed by atoms with van der Waals surface area (Å²) >= 11 is 3.56. The van der Waals surface area contributed by atoms with Crippen molar-refractivity contribution < 1.29 is 9.13 Å². The molecule has 3 aromatic rings. The average Bonchev–Trinajstić information content (AvgIpc) is 2.48. The van der Waals surface area contributed by atoms with Crippen LogP contribution in [-0.4, -0.2) is 0 Å². The quantitative estimate of drug-likeness (QED) is 0.629. The number of fused-ring (bicyclic) bond motifs is 1. The van der Waals surface area contributed by atoms with Crippen molar-refractivity contribution >= 4 is 32.4 Å². The molecule has 2 N–H and O–H groups in total. The van der Waals surface area contributed by atoms with E-state index in [-0.39, 0.29) is 11.5 Å². The van der Waals surface area contributed by atoms with Crippen molar-refractivity contribution in [2.45, 2.75) is 6.92 Å². The maximum absolute atomic E-state index is 13.4. The second kappa shape index (κ2) is 5.37. The third-order valence-electron chi connectivity index (χ3n) is 3.34. The number of halogens is 2. The number of ether oxygens (including phenoxy) is 1. The minimum absolute atomic E-state index is 0.276. The summed E-state index contributed by atoms with van der Waals surface area (Å²) in [6.07, 6.45) is 0. The molecule has 0 bridgehead atoms. The lowest BCUT2D eigenvalue weighted by molar-refractivity contribution is 0.480. The monoisotopic (exact) mass is 345 g/mol.